The van der Waals surface area contributed by atoms with Crippen molar-refractivity contribution in [3.63, 3.8) is 0 Å². The van der Waals surface area contributed by atoms with Gasteiger partial charge in [-0.15, -0.1) is 11.3 Å². The summed E-state index contributed by atoms with van der Waals surface area (Å²) in [6.07, 6.45) is 1.60. The third kappa shape index (κ3) is 3.63. The van der Waals surface area contributed by atoms with Crippen LogP contribution >= 0.6 is 22.9 Å². The van der Waals surface area contributed by atoms with Gasteiger partial charge in [0.15, 0.2) is 0 Å². The molecule has 0 fully saturated rings. The molecule has 0 unspecified atom stereocenters. The SMILES string of the molecule is Cc1nn(Cc2ccc(Cl)cc2)c2sc(C(=O)N[C@H](C)c3ccco3)cc12. The second-order valence-corrected chi connectivity index (χ2v) is 7.88. The van der Waals surface area contributed by atoms with E-state index in [4.69, 9.17) is 16.0 Å². The molecule has 0 radical (unpaired) electrons. The molecule has 0 bridgehead atoms. The van der Waals surface area contributed by atoms with E-state index in [2.05, 4.69) is 10.4 Å². The van der Waals surface area contributed by atoms with Crippen molar-refractivity contribution in [3.8, 4) is 0 Å². The third-order valence-electron chi connectivity index (χ3n) is 4.39. The van der Waals surface area contributed by atoms with Crippen molar-refractivity contribution < 1.29 is 9.21 Å². The highest BCUT2D eigenvalue weighted by Gasteiger charge is 2.19. The molecule has 4 rings (SSSR count). The summed E-state index contributed by atoms with van der Waals surface area (Å²) in [5.74, 6) is 0.618. The van der Waals surface area contributed by atoms with Crippen molar-refractivity contribution in [1.82, 2.24) is 15.1 Å². The molecule has 1 amide bonds. The highest BCUT2D eigenvalue weighted by Crippen LogP contribution is 2.29. The molecule has 0 aliphatic heterocycles. The number of aromatic nitrogens is 2. The number of rotatable bonds is 5. The number of fused-ring (bicyclic) bond motifs is 1. The molecule has 27 heavy (non-hydrogen) atoms. The Morgan fingerprint density at radius 2 is 2.11 bits per heavy atom. The third-order valence-corrected chi connectivity index (χ3v) is 5.79. The Bertz CT molecular complexity index is 1080. The Kier molecular flexibility index (Phi) is 4.76. The van der Waals surface area contributed by atoms with Crippen LogP contribution in [-0.2, 0) is 6.54 Å². The van der Waals surface area contributed by atoms with Gasteiger partial charge in [0, 0.05) is 10.4 Å². The number of carbonyl (C=O) groups excluding carboxylic acids is 1. The lowest BCUT2D eigenvalue weighted by atomic mass is 10.2. The smallest absolute Gasteiger partial charge is 0.262 e. The Balaban J connectivity index is 1.58. The predicted molar refractivity (Wildman–Crippen MR) is 107 cm³/mol. The highest BCUT2D eigenvalue weighted by atomic mass is 35.5. The van der Waals surface area contributed by atoms with Crippen molar-refractivity contribution in [3.05, 3.63) is 75.6 Å². The van der Waals surface area contributed by atoms with E-state index in [0.29, 0.717) is 16.4 Å². The van der Waals surface area contributed by atoms with E-state index in [-0.39, 0.29) is 11.9 Å². The summed E-state index contributed by atoms with van der Waals surface area (Å²) >= 11 is 7.41. The molecule has 138 valence electrons. The van der Waals surface area contributed by atoms with E-state index >= 15 is 0 Å². The Hall–Kier alpha value is -2.57. The summed E-state index contributed by atoms with van der Waals surface area (Å²) in [4.78, 5) is 14.3. The van der Waals surface area contributed by atoms with E-state index in [9.17, 15) is 4.79 Å². The maximum Gasteiger partial charge on any atom is 0.262 e. The van der Waals surface area contributed by atoms with Crippen LogP contribution in [0.15, 0.2) is 53.1 Å². The molecule has 1 aromatic carbocycles. The van der Waals surface area contributed by atoms with Crippen molar-refractivity contribution in [2.75, 3.05) is 0 Å². The molecular weight excluding hydrogens is 382 g/mol. The Labute approximate surface area is 165 Å². The van der Waals surface area contributed by atoms with Gasteiger partial charge in [0.05, 0.1) is 29.4 Å². The Morgan fingerprint density at radius 1 is 1.33 bits per heavy atom. The minimum Gasteiger partial charge on any atom is -0.467 e. The van der Waals surface area contributed by atoms with Crippen LogP contribution in [0.2, 0.25) is 5.02 Å². The molecule has 0 aliphatic carbocycles. The van der Waals surface area contributed by atoms with Gasteiger partial charge >= 0.3 is 0 Å². The molecule has 0 saturated carbocycles. The number of hydrogen-bond donors (Lipinski definition) is 1. The molecule has 3 heterocycles. The van der Waals surface area contributed by atoms with E-state index in [1.54, 1.807) is 6.26 Å². The van der Waals surface area contributed by atoms with Gasteiger partial charge in [0.2, 0.25) is 0 Å². The van der Waals surface area contributed by atoms with Gasteiger partial charge in [0.25, 0.3) is 5.91 Å². The predicted octanol–water partition coefficient (Wildman–Crippen LogP) is 5.19. The first-order valence-corrected chi connectivity index (χ1v) is 9.76. The zero-order valence-electron chi connectivity index (χ0n) is 14.9. The fourth-order valence-corrected chi connectivity index (χ4v) is 4.16. The molecule has 4 aromatic rings. The number of furan rings is 1. The number of nitrogens with zero attached hydrogens (tertiary/aromatic N) is 2. The first-order valence-electron chi connectivity index (χ1n) is 8.57. The first-order chi connectivity index (χ1) is 13.0. The van der Waals surface area contributed by atoms with Crippen LogP contribution in [0, 0.1) is 6.92 Å². The molecule has 5 nitrogen and oxygen atoms in total. The number of hydrogen-bond acceptors (Lipinski definition) is 4. The van der Waals surface area contributed by atoms with Gasteiger partial charge in [-0.05, 0) is 49.7 Å². The van der Waals surface area contributed by atoms with Crippen LogP contribution < -0.4 is 5.32 Å². The molecule has 7 heteroatoms. The highest BCUT2D eigenvalue weighted by molar-refractivity contribution is 7.20. The fourth-order valence-electron chi connectivity index (χ4n) is 2.97. The van der Waals surface area contributed by atoms with E-state index < -0.39 is 0 Å². The monoisotopic (exact) mass is 399 g/mol. The minimum atomic E-state index is -0.190. The Morgan fingerprint density at radius 3 is 2.81 bits per heavy atom. The summed E-state index contributed by atoms with van der Waals surface area (Å²) < 4.78 is 7.29. The van der Waals surface area contributed by atoms with E-state index in [0.717, 1.165) is 27.2 Å². The number of amides is 1. The zero-order valence-corrected chi connectivity index (χ0v) is 16.5. The average molecular weight is 400 g/mol. The van der Waals surface area contributed by atoms with Crippen molar-refractivity contribution in [2.24, 2.45) is 0 Å². The summed E-state index contributed by atoms with van der Waals surface area (Å²) in [5, 5.41) is 9.31. The lowest BCUT2D eigenvalue weighted by molar-refractivity contribution is 0.0939. The van der Waals surface area contributed by atoms with Gasteiger partial charge in [-0.3, -0.25) is 9.48 Å². The van der Waals surface area contributed by atoms with E-state index in [1.165, 1.54) is 11.3 Å². The van der Waals surface area contributed by atoms with Crippen LogP contribution in [-0.4, -0.2) is 15.7 Å². The standard InChI is InChI=1S/C20H18ClN3O2S/c1-12-16-10-18(19(25)22-13(2)17-4-3-9-26-17)27-20(16)24(23-12)11-14-5-7-15(21)8-6-14/h3-10,13H,11H2,1-2H3,(H,22,25)/t13-/m1/s1. The summed E-state index contributed by atoms with van der Waals surface area (Å²) in [7, 11) is 0. The van der Waals surface area contributed by atoms with Gasteiger partial charge in [-0.2, -0.15) is 5.10 Å². The number of halogens is 1. The summed E-state index contributed by atoms with van der Waals surface area (Å²) in [6.45, 7) is 4.49. The number of thiophene rings is 1. The average Bonchev–Trinajstić information content (AvgIpc) is 3.37. The zero-order chi connectivity index (χ0) is 19.0. The van der Waals surface area contributed by atoms with Crippen LogP contribution in [0.1, 0.15) is 39.7 Å². The summed E-state index contributed by atoms with van der Waals surface area (Å²) in [6, 6.07) is 13.1. The number of aryl methyl sites for hydroxylation is 1. The van der Waals surface area contributed by atoms with Crippen LogP contribution in [0.5, 0.6) is 0 Å². The van der Waals surface area contributed by atoms with Crippen molar-refractivity contribution in [2.45, 2.75) is 26.4 Å². The minimum absolute atomic E-state index is 0.113. The largest absolute Gasteiger partial charge is 0.467 e. The number of carbonyl (C=O) groups is 1. The second-order valence-electron chi connectivity index (χ2n) is 6.41. The second kappa shape index (κ2) is 7.21. The normalized spacial score (nSPS) is 12.4. The number of nitrogens with one attached hydrogen (secondary N) is 1. The van der Waals surface area contributed by atoms with Crippen molar-refractivity contribution >= 4 is 39.1 Å². The molecule has 0 aliphatic rings. The first kappa shape index (κ1) is 17.8. The fraction of sp³-hybridized carbons (Fsp3) is 0.200. The molecule has 0 saturated heterocycles. The van der Waals surface area contributed by atoms with Crippen molar-refractivity contribution in [1.29, 1.82) is 0 Å². The molecule has 1 atom stereocenters. The van der Waals surface area contributed by atoms with Crippen LogP contribution in [0.4, 0.5) is 0 Å². The van der Waals surface area contributed by atoms with Gasteiger partial charge in [-0.25, -0.2) is 0 Å². The molecule has 3 aromatic heterocycles. The van der Waals surface area contributed by atoms with E-state index in [1.807, 2.05) is 61.0 Å². The van der Waals surface area contributed by atoms with Gasteiger partial charge in [0.1, 0.15) is 10.6 Å². The molecular formula is C20H18ClN3O2S. The quantitative estimate of drug-likeness (QED) is 0.502. The lowest BCUT2D eigenvalue weighted by Crippen LogP contribution is -2.25. The number of benzene rings is 1. The van der Waals surface area contributed by atoms with Gasteiger partial charge < -0.3 is 9.73 Å². The van der Waals surface area contributed by atoms with Crippen LogP contribution in [0.3, 0.4) is 0 Å². The maximum atomic E-state index is 12.6. The van der Waals surface area contributed by atoms with Gasteiger partial charge in [-0.1, -0.05) is 23.7 Å². The molecule has 1 N–H and O–H groups in total. The van der Waals surface area contributed by atoms with Crippen LogP contribution in [0.25, 0.3) is 10.2 Å². The summed E-state index contributed by atoms with van der Waals surface area (Å²) in [5.41, 5.74) is 2.02. The molecule has 0 spiro atoms. The maximum absolute atomic E-state index is 12.6. The lowest BCUT2D eigenvalue weighted by Gasteiger charge is -2.10. The topological polar surface area (TPSA) is 60.1 Å².